The molecule has 0 unspecified atom stereocenters. The van der Waals surface area contributed by atoms with Crippen LogP contribution < -0.4 is 0 Å². The molecule has 0 spiro atoms. The fourth-order valence-electron chi connectivity index (χ4n) is 1.96. The number of carbonyl (C=O) groups is 1. The van der Waals surface area contributed by atoms with Crippen LogP contribution in [-0.4, -0.2) is 48.1 Å². The van der Waals surface area contributed by atoms with Crippen LogP contribution in [0.15, 0.2) is 30.5 Å². The number of aromatic amines is 1. The summed E-state index contributed by atoms with van der Waals surface area (Å²) >= 11 is 1.26. The molecular weight excluding hydrogens is 359 g/mol. The number of fused-ring (bicyclic) bond motifs is 1. The lowest BCUT2D eigenvalue weighted by atomic mass is 10.2. The highest BCUT2D eigenvalue weighted by molar-refractivity contribution is 7.00. The van der Waals surface area contributed by atoms with Crippen molar-refractivity contribution in [2.45, 2.75) is 19.3 Å². The van der Waals surface area contributed by atoms with Crippen molar-refractivity contribution in [1.82, 2.24) is 23.8 Å². The van der Waals surface area contributed by atoms with Crippen molar-refractivity contribution in [2.75, 3.05) is 7.05 Å². The van der Waals surface area contributed by atoms with Crippen LogP contribution in [-0.2, 0) is 17.9 Å². The first kappa shape index (κ1) is 18.8. The van der Waals surface area contributed by atoms with Gasteiger partial charge in [-0.15, -0.1) is 0 Å². The molecule has 0 amide bonds. The molecule has 7 nitrogen and oxygen atoms in total. The minimum absolute atomic E-state index is 0.855. The molecule has 25 heavy (non-hydrogen) atoms. The Kier molecular flexibility index (Phi) is 6.04. The van der Waals surface area contributed by atoms with E-state index in [-0.39, 0.29) is 0 Å². The van der Waals surface area contributed by atoms with Gasteiger partial charge in [0, 0.05) is 25.0 Å². The molecule has 2 aromatic heterocycles. The largest absolute Gasteiger partial charge is 0.490 e. The SMILES string of the molecule is CN(Cc1ccc2nsnc2c1)Cc1ccn[nH]1.O=C(O)C(F)(F)F. The van der Waals surface area contributed by atoms with Crippen molar-refractivity contribution in [3.8, 4) is 0 Å². The Balaban J connectivity index is 0.000000277. The lowest BCUT2D eigenvalue weighted by molar-refractivity contribution is -0.192. The van der Waals surface area contributed by atoms with Crippen molar-refractivity contribution in [2.24, 2.45) is 0 Å². The summed E-state index contributed by atoms with van der Waals surface area (Å²) in [6.45, 7) is 1.74. The van der Waals surface area contributed by atoms with E-state index in [1.807, 2.05) is 12.1 Å². The van der Waals surface area contributed by atoms with Crippen LogP contribution in [0, 0.1) is 0 Å². The standard InChI is InChI=1S/C12H13N5S.C2HF3O2/c1-17(8-10-4-5-13-14-10)7-9-2-3-11-12(6-9)16-18-15-11;3-2(4,5)1(6)7/h2-6H,7-8H2,1H3,(H,13,14);(H,6,7). The third-order valence-electron chi connectivity index (χ3n) is 3.01. The lowest BCUT2D eigenvalue weighted by Gasteiger charge is -2.15. The van der Waals surface area contributed by atoms with Crippen molar-refractivity contribution in [3.05, 3.63) is 41.7 Å². The third-order valence-corrected chi connectivity index (χ3v) is 3.57. The van der Waals surface area contributed by atoms with Crippen LogP contribution in [0.1, 0.15) is 11.3 Å². The Morgan fingerprint density at radius 3 is 2.52 bits per heavy atom. The van der Waals surface area contributed by atoms with Crippen LogP contribution in [0.4, 0.5) is 13.2 Å². The summed E-state index contributed by atoms with van der Waals surface area (Å²) < 4.78 is 40.2. The normalized spacial score (nSPS) is 11.4. The van der Waals surface area contributed by atoms with Gasteiger partial charge in [-0.2, -0.15) is 27.0 Å². The minimum Gasteiger partial charge on any atom is -0.475 e. The van der Waals surface area contributed by atoms with Gasteiger partial charge < -0.3 is 5.11 Å². The van der Waals surface area contributed by atoms with E-state index < -0.39 is 12.1 Å². The van der Waals surface area contributed by atoms with Crippen LogP contribution in [0.2, 0.25) is 0 Å². The predicted molar refractivity (Wildman–Crippen MR) is 84.9 cm³/mol. The summed E-state index contributed by atoms with van der Waals surface area (Å²) in [6.07, 6.45) is -3.31. The van der Waals surface area contributed by atoms with Gasteiger partial charge in [-0.1, -0.05) is 6.07 Å². The quantitative estimate of drug-likeness (QED) is 0.730. The van der Waals surface area contributed by atoms with Gasteiger partial charge in [0.05, 0.1) is 11.7 Å². The number of rotatable bonds is 4. The van der Waals surface area contributed by atoms with Crippen molar-refractivity contribution >= 4 is 28.7 Å². The lowest BCUT2D eigenvalue weighted by Crippen LogP contribution is -2.21. The summed E-state index contributed by atoms with van der Waals surface area (Å²) in [6, 6.07) is 8.22. The Bertz CT molecular complexity index is 819. The highest BCUT2D eigenvalue weighted by atomic mass is 32.1. The molecule has 1 aromatic carbocycles. The fourth-order valence-corrected chi connectivity index (χ4v) is 2.47. The van der Waals surface area contributed by atoms with Crippen LogP contribution in [0.5, 0.6) is 0 Å². The number of H-pyrrole nitrogens is 1. The second kappa shape index (κ2) is 8.03. The van der Waals surface area contributed by atoms with E-state index in [0.717, 1.165) is 29.8 Å². The number of hydrogen-bond acceptors (Lipinski definition) is 6. The second-order valence-electron chi connectivity index (χ2n) is 5.14. The summed E-state index contributed by atoms with van der Waals surface area (Å²) in [5.74, 6) is -2.76. The molecule has 3 rings (SSSR count). The van der Waals surface area contributed by atoms with Gasteiger partial charge in [-0.3, -0.25) is 10.00 Å². The molecule has 0 fully saturated rings. The number of nitrogens with zero attached hydrogens (tertiary/aromatic N) is 4. The van der Waals surface area contributed by atoms with Gasteiger partial charge in [0.25, 0.3) is 0 Å². The first-order valence-corrected chi connectivity index (χ1v) is 7.67. The van der Waals surface area contributed by atoms with Crippen LogP contribution in [0.25, 0.3) is 11.0 Å². The van der Waals surface area contributed by atoms with Crippen LogP contribution >= 0.6 is 11.7 Å². The van der Waals surface area contributed by atoms with Crippen molar-refractivity contribution in [3.63, 3.8) is 0 Å². The van der Waals surface area contributed by atoms with Crippen molar-refractivity contribution in [1.29, 1.82) is 0 Å². The molecule has 11 heteroatoms. The second-order valence-corrected chi connectivity index (χ2v) is 5.67. The molecule has 0 aliphatic carbocycles. The zero-order valence-corrected chi connectivity index (χ0v) is 13.8. The topological polar surface area (TPSA) is 95.0 Å². The number of alkyl halides is 3. The molecule has 0 atom stereocenters. The van der Waals surface area contributed by atoms with E-state index in [9.17, 15) is 13.2 Å². The highest BCUT2D eigenvalue weighted by Crippen LogP contribution is 2.15. The molecule has 2 N–H and O–H groups in total. The number of aliphatic carboxylic acids is 1. The number of aromatic nitrogens is 4. The predicted octanol–water partition coefficient (Wildman–Crippen LogP) is 2.68. The van der Waals surface area contributed by atoms with E-state index in [2.05, 4.69) is 43.0 Å². The number of nitrogens with one attached hydrogen (secondary N) is 1. The van der Waals surface area contributed by atoms with Gasteiger partial charge in [-0.05, 0) is 30.8 Å². The highest BCUT2D eigenvalue weighted by Gasteiger charge is 2.38. The zero-order chi connectivity index (χ0) is 18.4. The number of carboxylic acid groups (broad SMARTS) is 1. The molecule has 0 radical (unpaired) electrons. The Hall–Kier alpha value is -2.53. The van der Waals surface area contributed by atoms with E-state index >= 15 is 0 Å². The number of carboxylic acids is 1. The molecule has 134 valence electrons. The van der Waals surface area contributed by atoms with Gasteiger partial charge in [0.1, 0.15) is 11.0 Å². The molecular formula is C14H14F3N5O2S. The van der Waals surface area contributed by atoms with E-state index in [0.29, 0.717) is 0 Å². The third kappa shape index (κ3) is 5.80. The molecule has 0 aliphatic rings. The Labute approximate surface area is 144 Å². The summed E-state index contributed by atoms with van der Waals surface area (Å²) in [5, 5.41) is 14.0. The molecule has 3 aromatic rings. The maximum Gasteiger partial charge on any atom is 0.490 e. The maximum atomic E-state index is 10.6. The monoisotopic (exact) mass is 373 g/mol. The summed E-state index contributed by atoms with van der Waals surface area (Å²) in [7, 11) is 2.09. The number of halogens is 3. The van der Waals surface area contributed by atoms with Gasteiger partial charge >= 0.3 is 12.1 Å². The van der Waals surface area contributed by atoms with Gasteiger partial charge in [0.2, 0.25) is 0 Å². The Morgan fingerprint density at radius 1 is 1.24 bits per heavy atom. The van der Waals surface area contributed by atoms with E-state index in [4.69, 9.17) is 9.90 Å². The van der Waals surface area contributed by atoms with Gasteiger partial charge in [-0.25, -0.2) is 4.79 Å². The minimum atomic E-state index is -5.08. The summed E-state index contributed by atoms with van der Waals surface area (Å²) in [4.78, 5) is 11.1. The number of hydrogen-bond donors (Lipinski definition) is 2. The average Bonchev–Trinajstić information content (AvgIpc) is 3.17. The molecule has 2 heterocycles. The smallest absolute Gasteiger partial charge is 0.475 e. The average molecular weight is 373 g/mol. The number of benzene rings is 1. The van der Waals surface area contributed by atoms with Crippen molar-refractivity contribution < 1.29 is 23.1 Å². The molecule has 0 saturated heterocycles. The fraction of sp³-hybridized carbons (Fsp3) is 0.286. The Morgan fingerprint density at radius 2 is 1.92 bits per heavy atom. The zero-order valence-electron chi connectivity index (χ0n) is 13.0. The first-order chi connectivity index (χ1) is 11.8. The molecule has 0 bridgehead atoms. The van der Waals surface area contributed by atoms with E-state index in [1.165, 1.54) is 17.3 Å². The maximum absolute atomic E-state index is 10.6. The first-order valence-electron chi connectivity index (χ1n) is 6.94. The van der Waals surface area contributed by atoms with E-state index in [1.54, 1.807) is 6.20 Å². The van der Waals surface area contributed by atoms with Crippen LogP contribution in [0.3, 0.4) is 0 Å². The molecule has 0 saturated carbocycles. The van der Waals surface area contributed by atoms with Gasteiger partial charge in [0.15, 0.2) is 0 Å². The molecule has 0 aliphatic heterocycles. The summed E-state index contributed by atoms with van der Waals surface area (Å²) in [5.41, 5.74) is 4.32.